The van der Waals surface area contributed by atoms with Crippen molar-refractivity contribution in [3.05, 3.63) is 0 Å². The number of unbranched alkanes of at least 4 members (excludes halogenated alkanes) is 1. The first-order valence-corrected chi connectivity index (χ1v) is 4.26. The first kappa shape index (κ1) is 15.2. The number of Topliss-reactive ketones (excluding diaryl/α,β-unsaturated/α-hetero) is 1. The van der Waals surface area contributed by atoms with E-state index in [9.17, 15) is 9.59 Å². The summed E-state index contributed by atoms with van der Waals surface area (Å²) in [7, 11) is 0. The molecule has 0 aliphatic rings. The monoisotopic (exact) mass is 202 g/mol. The van der Waals surface area contributed by atoms with E-state index in [0.29, 0.717) is 6.61 Å². The van der Waals surface area contributed by atoms with Gasteiger partial charge >= 0.3 is 5.97 Å². The molecule has 0 N–H and O–H groups in total. The second-order valence-corrected chi connectivity index (χ2v) is 2.85. The van der Waals surface area contributed by atoms with Crippen LogP contribution in [-0.2, 0) is 14.3 Å². The molecule has 0 spiro atoms. The van der Waals surface area contributed by atoms with Gasteiger partial charge in [-0.05, 0) is 20.3 Å². The quantitative estimate of drug-likeness (QED) is 0.280. The van der Waals surface area contributed by atoms with Crippen molar-refractivity contribution in [2.24, 2.45) is 5.92 Å². The van der Waals surface area contributed by atoms with Gasteiger partial charge in [-0.15, -0.1) is 0 Å². The van der Waals surface area contributed by atoms with Crippen LogP contribution in [0.25, 0.3) is 0 Å². The molecular formula is C9H19AlO3. The van der Waals surface area contributed by atoms with Gasteiger partial charge in [-0.3, -0.25) is 9.59 Å². The molecule has 0 radical (unpaired) electrons. The number of carbonyl (C=O) groups excluding carboxylic acids is 2. The highest BCUT2D eigenvalue weighted by Crippen LogP contribution is 2.00. The Balaban J connectivity index is 0. The highest BCUT2D eigenvalue weighted by atomic mass is 27.0. The van der Waals surface area contributed by atoms with Gasteiger partial charge in [0.15, 0.2) is 17.4 Å². The topological polar surface area (TPSA) is 43.4 Å². The van der Waals surface area contributed by atoms with E-state index >= 15 is 0 Å². The standard InChI is InChI=1S/C9H16O3.Al.3H/c1-4-5-6-12-9(11)7(2)8(3)10;;;;/h7H,4-6H2,1-3H3;;;;. The van der Waals surface area contributed by atoms with Crippen molar-refractivity contribution in [3.63, 3.8) is 0 Å². The average Bonchev–Trinajstić information content (AvgIpc) is 2.03. The molecule has 0 aromatic carbocycles. The normalized spacial score (nSPS) is 11.3. The third kappa shape index (κ3) is 6.80. The summed E-state index contributed by atoms with van der Waals surface area (Å²) in [6.07, 6.45) is 1.85. The van der Waals surface area contributed by atoms with E-state index in [-0.39, 0.29) is 23.1 Å². The lowest BCUT2D eigenvalue weighted by atomic mass is 10.1. The zero-order valence-corrected chi connectivity index (χ0v) is 7.92. The van der Waals surface area contributed by atoms with Gasteiger partial charge in [0.25, 0.3) is 0 Å². The van der Waals surface area contributed by atoms with Crippen molar-refractivity contribution in [1.82, 2.24) is 0 Å². The van der Waals surface area contributed by atoms with Gasteiger partial charge in [-0.2, -0.15) is 0 Å². The number of hydrogen-bond donors (Lipinski definition) is 0. The maximum atomic E-state index is 11.0. The van der Waals surface area contributed by atoms with Crippen LogP contribution in [0.1, 0.15) is 33.6 Å². The molecule has 0 aliphatic heterocycles. The third-order valence-electron chi connectivity index (χ3n) is 1.71. The van der Waals surface area contributed by atoms with Gasteiger partial charge in [-0.1, -0.05) is 13.3 Å². The van der Waals surface area contributed by atoms with Crippen LogP contribution in [0, 0.1) is 5.92 Å². The molecule has 0 saturated heterocycles. The molecule has 0 saturated carbocycles. The van der Waals surface area contributed by atoms with Crippen molar-refractivity contribution >= 4 is 29.1 Å². The summed E-state index contributed by atoms with van der Waals surface area (Å²) in [6.45, 7) is 5.40. The van der Waals surface area contributed by atoms with Crippen molar-refractivity contribution in [2.45, 2.75) is 33.6 Å². The summed E-state index contributed by atoms with van der Waals surface area (Å²) < 4.78 is 4.85. The zero-order valence-electron chi connectivity index (χ0n) is 7.92. The molecule has 0 amide bonds. The molecule has 0 aliphatic carbocycles. The predicted octanol–water partition coefficient (Wildman–Crippen LogP) is 0.371. The van der Waals surface area contributed by atoms with Gasteiger partial charge < -0.3 is 4.74 Å². The summed E-state index contributed by atoms with van der Waals surface area (Å²) in [5.74, 6) is -1.16. The number of ether oxygens (including phenoxy) is 1. The van der Waals surface area contributed by atoms with Crippen LogP contribution in [-0.4, -0.2) is 35.7 Å². The molecule has 3 nitrogen and oxygen atoms in total. The maximum absolute atomic E-state index is 11.0. The molecule has 0 bridgehead atoms. The summed E-state index contributed by atoms with van der Waals surface area (Å²) in [6, 6.07) is 0. The Morgan fingerprint density at radius 1 is 1.38 bits per heavy atom. The van der Waals surface area contributed by atoms with E-state index in [1.807, 2.05) is 6.92 Å². The number of esters is 1. The molecule has 0 rings (SSSR count). The fourth-order valence-electron chi connectivity index (χ4n) is 0.608. The summed E-state index contributed by atoms with van der Waals surface area (Å²) in [5.41, 5.74) is 0. The van der Waals surface area contributed by atoms with Crippen LogP contribution in [0.15, 0.2) is 0 Å². The molecule has 0 aromatic rings. The molecule has 1 atom stereocenters. The average molecular weight is 202 g/mol. The number of carbonyl (C=O) groups is 2. The number of hydrogen-bond acceptors (Lipinski definition) is 3. The van der Waals surface area contributed by atoms with Crippen LogP contribution < -0.4 is 0 Å². The summed E-state index contributed by atoms with van der Waals surface area (Å²) in [4.78, 5) is 21.7. The molecule has 0 fully saturated rings. The van der Waals surface area contributed by atoms with Gasteiger partial charge in [0.05, 0.1) is 6.61 Å². The third-order valence-corrected chi connectivity index (χ3v) is 1.71. The fraction of sp³-hybridized carbons (Fsp3) is 0.778. The van der Waals surface area contributed by atoms with Crippen molar-refractivity contribution in [2.75, 3.05) is 6.61 Å². The minimum absolute atomic E-state index is 0. The molecule has 0 aromatic heterocycles. The minimum atomic E-state index is -0.609. The van der Waals surface area contributed by atoms with Crippen LogP contribution in [0.3, 0.4) is 0 Å². The highest BCUT2D eigenvalue weighted by Gasteiger charge is 2.18. The second-order valence-electron chi connectivity index (χ2n) is 2.85. The van der Waals surface area contributed by atoms with E-state index in [1.165, 1.54) is 6.92 Å². The van der Waals surface area contributed by atoms with Crippen LogP contribution in [0.4, 0.5) is 0 Å². The molecule has 1 unspecified atom stereocenters. The highest BCUT2D eigenvalue weighted by molar-refractivity contribution is 5.97. The van der Waals surface area contributed by atoms with Gasteiger partial charge in [0, 0.05) is 0 Å². The number of rotatable bonds is 5. The Morgan fingerprint density at radius 2 is 1.92 bits per heavy atom. The van der Waals surface area contributed by atoms with E-state index in [2.05, 4.69) is 0 Å². The Kier molecular flexibility index (Phi) is 9.65. The predicted molar refractivity (Wildman–Crippen MR) is 55.7 cm³/mol. The molecule has 13 heavy (non-hydrogen) atoms. The fourth-order valence-corrected chi connectivity index (χ4v) is 0.608. The van der Waals surface area contributed by atoms with E-state index in [0.717, 1.165) is 12.8 Å². The Bertz CT molecular complexity index is 168. The molecule has 0 heterocycles. The lowest BCUT2D eigenvalue weighted by molar-refractivity contribution is -0.150. The summed E-state index contributed by atoms with van der Waals surface area (Å²) in [5, 5.41) is 0. The van der Waals surface area contributed by atoms with Crippen LogP contribution >= 0.6 is 0 Å². The lowest BCUT2D eigenvalue weighted by Crippen LogP contribution is -2.21. The zero-order chi connectivity index (χ0) is 9.56. The molecule has 4 heteroatoms. The number of ketones is 1. The molecule has 76 valence electrons. The van der Waals surface area contributed by atoms with Gasteiger partial charge in [0.1, 0.15) is 11.7 Å². The van der Waals surface area contributed by atoms with Gasteiger partial charge in [0.2, 0.25) is 0 Å². The minimum Gasteiger partial charge on any atom is -0.465 e. The first-order chi connectivity index (χ1) is 5.59. The van der Waals surface area contributed by atoms with Crippen LogP contribution in [0.5, 0.6) is 0 Å². The summed E-state index contributed by atoms with van der Waals surface area (Å²) >= 11 is 0. The molecular weight excluding hydrogens is 183 g/mol. The van der Waals surface area contributed by atoms with Crippen LogP contribution in [0.2, 0.25) is 0 Å². The van der Waals surface area contributed by atoms with E-state index < -0.39 is 11.9 Å². The smallest absolute Gasteiger partial charge is 0.316 e. The Morgan fingerprint density at radius 3 is 2.31 bits per heavy atom. The van der Waals surface area contributed by atoms with Crippen molar-refractivity contribution < 1.29 is 14.3 Å². The van der Waals surface area contributed by atoms with E-state index in [1.54, 1.807) is 6.92 Å². The van der Waals surface area contributed by atoms with E-state index in [4.69, 9.17) is 4.74 Å². The SMILES string of the molecule is CCCCOC(=O)C(C)C(C)=O.[AlH3]. The lowest BCUT2D eigenvalue weighted by Gasteiger charge is -2.07. The van der Waals surface area contributed by atoms with Crippen molar-refractivity contribution in [1.29, 1.82) is 0 Å². The Labute approximate surface area is 90.0 Å². The van der Waals surface area contributed by atoms with Crippen molar-refractivity contribution in [3.8, 4) is 0 Å². The second kappa shape index (κ2) is 8.28. The van der Waals surface area contributed by atoms with Gasteiger partial charge in [-0.25, -0.2) is 0 Å². The first-order valence-electron chi connectivity index (χ1n) is 4.26. The largest absolute Gasteiger partial charge is 0.465 e. The maximum Gasteiger partial charge on any atom is 0.316 e. The Hall–Kier alpha value is -0.328.